The largest absolute Gasteiger partial charge is 0.456 e. The van der Waals surface area contributed by atoms with E-state index in [4.69, 9.17) is 8.83 Å². The van der Waals surface area contributed by atoms with Crippen molar-refractivity contribution >= 4 is 76.2 Å². The third-order valence-corrected chi connectivity index (χ3v) is 10.4. The minimum absolute atomic E-state index is 0.829. The number of rotatable bonds is 3. The van der Waals surface area contributed by atoms with Crippen LogP contribution in [0.25, 0.3) is 110 Å². The Morgan fingerprint density at radius 1 is 0.240 bits per heavy atom. The molecule has 0 aliphatic carbocycles. The second-order valence-electron chi connectivity index (χ2n) is 13.3. The number of hydrogen-bond acceptors (Lipinski definition) is 2. The Morgan fingerprint density at radius 2 is 0.780 bits per heavy atom. The highest BCUT2D eigenvalue weighted by Gasteiger charge is 2.16. The number of hydrogen-bond donors (Lipinski definition) is 0. The highest BCUT2D eigenvalue weighted by molar-refractivity contribution is 6.17. The van der Waals surface area contributed by atoms with Crippen molar-refractivity contribution in [1.29, 1.82) is 0 Å². The molecule has 11 aromatic rings. The van der Waals surface area contributed by atoms with Gasteiger partial charge in [-0.05, 0) is 114 Å². The summed E-state index contributed by atoms with van der Waals surface area (Å²) < 4.78 is 12.8. The summed E-state index contributed by atoms with van der Waals surface area (Å²) in [6.45, 7) is 0. The molecule has 2 nitrogen and oxygen atoms in total. The van der Waals surface area contributed by atoms with Crippen molar-refractivity contribution in [1.82, 2.24) is 0 Å². The molecule has 0 radical (unpaired) electrons. The molecule has 50 heavy (non-hydrogen) atoms. The van der Waals surface area contributed by atoms with Crippen molar-refractivity contribution in [2.45, 2.75) is 0 Å². The van der Waals surface area contributed by atoms with E-state index in [1.54, 1.807) is 0 Å². The molecule has 2 aromatic heterocycles. The van der Waals surface area contributed by atoms with Crippen LogP contribution in [0.3, 0.4) is 0 Å². The molecule has 0 N–H and O–H groups in total. The number of furan rings is 2. The van der Waals surface area contributed by atoms with Gasteiger partial charge in [-0.15, -0.1) is 0 Å². The van der Waals surface area contributed by atoms with Crippen molar-refractivity contribution in [3.8, 4) is 33.4 Å². The van der Waals surface area contributed by atoms with Gasteiger partial charge in [-0.25, -0.2) is 0 Å². The fourth-order valence-corrected chi connectivity index (χ4v) is 7.93. The van der Waals surface area contributed by atoms with E-state index in [9.17, 15) is 0 Å². The molecular weight excluding hydrogens is 609 g/mol. The smallest absolute Gasteiger partial charge is 0.139 e. The lowest BCUT2D eigenvalue weighted by Crippen LogP contribution is -1.86. The van der Waals surface area contributed by atoms with Crippen LogP contribution >= 0.6 is 0 Å². The Kier molecular flexibility index (Phi) is 5.70. The van der Waals surface area contributed by atoms with E-state index in [1.165, 1.54) is 60.1 Å². The summed E-state index contributed by atoms with van der Waals surface area (Å²) in [7, 11) is 0. The van der Waals surface area contributed by atoms with Gasteiger partial charge in [0.05, 0.1) is 0 Å². The number of benzene rings is 9. The molecule has 0 saturated heterocycles. The van der Waals surface area contributed by atoms with Gasteiger partial charge in [0.15, 0.2) is 0 Å². The van der Waals surface area contributed by atoms with Crippen molar-refractivity contribution < 1.29 is 8.83 Å². The van der Waals surface area contributed by atoms with Gasteiger partial charge in [-0.2, -0.15) is 0 Å². The predicted octanol–water partition coefficient (Wildman–Crippen LogP) is 13.9. The second-order valence-corrected chi connectivity index (χ2v) is 13.3. The average molecular weight is 637 g/mol. The minimum Gasteiger partial charge on any atom is -0.456 e. The summed E-state index contributed by atoms with van der Waals surface area (Å²) in [6, 6.07) is 61.1. The van der Waals surface area contributed by atoms with Crippen LogP contribution in [0.15, 0.2) is 179 Å². The third kappa shape index (κ3) is 4.15. The van der Waals surface area contributed by atoms with Crippen LogP contribution < -0.4 is 0 Å². The zero-order valence-electron chi connectivity index (χ0n) is 27.0. The Labute approximate surface area is 287 Å². The Balaban J connectivity index is 1.04. The molecule has 0 aliphatic rings. The lowest BCUT2D eigenvalue weighted by molar-refractivity contribution is 0.656. The molecule has 0 amide bonds. The van der Waals surface area contributed by atoms with Gasteiger partial charge in [-0.3, -0.25) is 0 Å². The molecule has 0 unspecified atom stereocenters. The van der Waals surface area contributed by atoms with Crippen LogP contribution in [0.2, 0.25) is 0 Å². The molecule has 11 rings (SSSR count). The first kappa shape index (κ1) is 27.3. The summed E-state index contributed by atoms with van der Waals surface area (Å²) in [4.78, 5) is 0. The Hall–Kier alpha value is -6.64. The molecule has 0 atom stereocenters. The van der Waals surface area contributed by atoms with Gasteiger partial charge in [-0.1, -0.05) is 115 Å². The summed E-state index contributed by atoms with van der Waals surface area (Å²) in [6.07, 6.45) is 0. The van der Waals surface area contributed by atoms with Gasteiger partial charge in [0, 0.05) is 27.6 Å². The third-order valence-electron chi connectivity index (χ3n) is 10.4. The van der Waals surface area contributed by atoms with Gasteiger partial charge < -0.3 is 8.83 Å². The van der Waals surface area contributed by atoms with E-state index in [0.29, 0.717) is 0 Å². The summed E-state index contributed by atoms with van der Waals surface area (Å²) >= 11 is 0. The van der Waals surface area contributed by atoms with Crippen LogP contribution in [0.4, 0.5) is 0 Å². The molecule has 9 aromatic carbocycles. The quantitative estimate of drug-likeness (QED) is 0.180. The summed E-state index contributed by atoms with van der Waals surface area (Å²) in [5, 5.41) is 11.9. The highest BCUT2D eigenvalue weighted by atomic mass is 16.3. The molecule has 0 spiro atoms. The van der Waals surface area contributed by atoms with Crippen molar-refractivity contribution in [3.05, 3.63) is 170 Å². The van der Waals surface area contributed by atoms with E-state index >= 15 is 0 Å². The van der Waals surface area contributed by atoms with Crippen LogP contribution in [-0.4, -0.2) is 0 Å². The first-order valence-corrected chi connectivity index (χ1v) is 17.1. The fourth-order valence-electron chi connectivity index (χ4n) is 7.93. The maximum Gasteiger partial charge on any atom is 0.139 e. The van der Waals surface area contributed by atoms with E-state index in [0.717, 1.165) is 49.4 Å². The molecule has 0 aliphatic heterocycles. The fraction of sp³-hybridized carbons (Fsp3) is 0. The molecule has 0 bridgehead atoms. The highest BCUT2D eigenvalue weighted by Crippen LogP contribution is 2.41. The zero-order valence-corrected chi connectivity index (χ0v) is 27.0. The van der Waals surface area contributed by atoms with Crippen molar-refractivity contribution in [2.24, 2.45) is 0 Å². The van der Waals surface area contributed by atoms with Crippen LogP contribution in [-0.2, 0) is 0 Å². The first-order chi connectivity index (χ1) is 24.7. The maximum atomic E-state index is 6.40. The molecule has 0 saturated carbocycles. The Morgan fingerprint density at radius 3 is 1.52 bits per heavy atom. The lowest BCUT2D eigenvalue weighted by atomic mass is 9.91. The second kappa shape index (κ2) is 10.4. The molecule has 0 fully saturated rings. The maximum absolute atomic E-state index is 6.40. The summed E-state index contributed by atoms with van der Waals surface area (Å²) in [5.41, 5.74) is 10.5. The lowest BCUT2D eigenvalue weighted by Gasteiger charge is -2.12. The van der Waals surface area contributed by atoms with Crippen molar-refractivity contribution in [3.63, 3.8) is 0 Å². The van der Waals surface area contributed by atoms with Crippen LogP contribution in [0, 0.1) is 0 Å². The normalized spacial score (nSPS) is 12.0. The van der Waals surface area contributed by atoms with Gasteiger partial charge in [0.25, 0.3) is 0 Å². The molecular formula is C48H28O2. The topological polar surface area (TPSA) is 26.3 Å². The van der Waals surface area contributed by atoms with E-state index in [1.807, 2.05) is 6.07 Å². The molecule has 232 valence electrons. The van der Waals surface area contributed by atoms with E-state index < -0.39 is 0 Å². The van der Waals surface area contributed by atoms with E-state index in [2.05, 4.69) is 164 Å². The molecule has 2 heterocycles. The predicted molar refractivity (Wildman–Crippen MR) is 210 cm³/mol. The van der Waals surface area contributed by atoms with Gasteiger partial charge in [0.1, 0.15) is 22.3 Å². The molecule has 2 heteroatoms. The average Bonchev–Trinajstić information content (AvgIpc) is 3.72. The first-order valence-electron chi connectivity index (χ1n) is 17.1. The zero-order chi connectivity index (χ0) is 32.8. The Bertz CT molecular complexity index is 3160. The van der Waals surface area contributed by atoms with Crippen LogP contribution in [0.1, 0.15) is 0 Å². The monoisotopic (exact) mass is 636 g/mol. The standard InChI is InChI=1S/C48H28O2/c1-2-9-30-22-32(17-16-29(30)8-1)34-19-21-46-42(25-34)44-27-43-41-24-33(18-20-45(41)49-47(43)28-48(44)50-46)31-11-7-12-35(23-31)40-26-36-10-3-4-13-37(36)38-14-5-6-15-39(38)40/h1-28H. The van der Waals surface area contributed by atoms with Gasteiger partial charge >= 0.3 is 0 Å². The minimum atomic E-state index is 0.829. The number of fused-ring (bicyclic) bond motifs is 10. The summed E-state index contributed by atoms with van der Waals surface area (Å²) in [5.74, 6) is 0. The van der Waals surface area contributed by atoms with Crippen LogP contribution in [0.5, 0.6) is 0 Å². The van der Waals surface area contributed by atoms with Gasteiger partial charge in [0.2, 0.25) is 0 Å². The van der Waals surface area contributed by atoms with E-state index in [-0.39, 0.29) is 0 Å². The van der Waals surface area contributed by atoms with Crippen molar-refractivity contribution in [2.75, 3.05) is 0 Å². The SMILES string of the molecule is c1cc(-c2ccc3oc4cc5oc6ccc(-c7ccc8ccccc8c7)cc6c5cc4c3c2)cc(-c2cc3ccccc3c3ccccc23)c1.